The first-order valence-electron chi connectivity index (χ1n) is 13.2. The molecule has 0 atom stereocenters. The molecule has 0 radical (unpaired) electrons. The molecule has 4 nitrogen and oxygen atoms in total. The third kappa shape index (κ3) is 3.84. The normalized spacial score (nSPS) is 13.5. The number of fused-ring (bicyclic) bond motifs is 3. The first-order valence-corrected chi connectivity index (χ1v) is 13.2. The van der Waals surface area contributed by atoms with Crippen LogP contribution in [0.1, 0.15) is 22.3 Å². The molecule has 6 aromatic rings. The van der Waals surface area contributed by atoms with Gasteiger partial charge in [0.05, 0.1) is 7.05 Å². The lowest BCUT2D eigenvalue weighted by Crippen LogP contribution is -2.27. The SMILES string of the molecule is Cc1cc2c(cc1C)[n+](C)c1nc(-c3ccccc3)c(=C3C=C(c4ccccc4)OC(c4ccccc4)=C3)n21. The Morgan fingerprint density at radius 3 is 1.74 bits per heavy atom. The molecule has 4 aromatic carbocycles. The van der Waals surface area contributed by atoms with Gasteiger partial charge in [-0.15, -0.1) is 0 Å². The van der Waals surface area contributed by atoms with E-state index < -0.39 is 0 Å². The van der Waals surface area contributed by atoms with Crippen molar-refractivity contribution in [3.05, 3.63) is 143 Å². The minimum Gasteiger partial charge on any atom is -0.456 e. The van der Waals surface area contributed by atoms with Gasteiger partial charge < -0.3 is 4.74 Å². The first kappa shape index (κ1) is 23.2. The smallest absolute Gasteiger partial charge is 0.405 e. The Morgan fingerprint density at radius 2 is 1.18 bits per heavy atom. The van der Waals surface area contributed by atoms with Crippen molar-refractivity contribution < 1.29 is 9.30 Å². The Bertz CT molecular complexity index is 1930. The molecule has 7 rings (SSSR count). The Hall–Kier alpha value is -4.96. The third-order valence-corrected chi connectivity index (χ3v) is 7.58. The van der Waals surface area contributed by atoms with Gasteiger partial charge in [-0.2, -0.15) is 4.40 Å². The fraction of sp³-hybridized carbons (Fsp3) is 0.0857. The topological polar surface area (TPSA) is 30.4 Å². The molecule has 2 aromatic heterocycles. The standard InChI is InChI=1S/C35H28N3O/c1-23-19-29-30(20-24(23)2)38-34(33(36-35(38)37(29)3)27-17-11-6-12-18-27)28-21-31(25-13-7-4-8-14-25)39-32(22-28)26-15-9-5-10-16-26/h4-22H,1-3H3/q+1. The Balaban J connectivity index is 1.65. The number of allylic oxidation sites excluding steroid dienone is 2. The molecule has 4 heteroatoms. The van der Waals surface area contributed by atoms with Crippen LogP contribution >= 0.6 is 0 Å². The van der Waals surface area contributed by atoms with Crippen molar-refractivity contribution >= 4 is 33.9 Å². The molecule has 0 unspecified atom stereocenters. The van der Waals surface area contributed by atoms with Gasteiger partial charge >= 0.3 is 5.78 Å². The van der Waals surface area contributed by atoms with Crippen LogP contribution in [0.4, 0.5) is 0 Å². The predicted molar refractivity (Wildman–Crippen MR) is 157 cm³/mol. The van der Waals surface area contributed by atoms with E-state index in [1.807, 2.05) is 42.5 Å². The molecule has 0 N–H and O–H groups in total. The van der Waals surface area contributed by atoms with Crippen LogP contribution in [0.2, 0.25) is 0 Å². The highest BCUT2D eigenvalue weighted by atomic mass is 16.5. The van der Waals surface area contributed by atoms with Crippen LogP contribution in [0.25, 0.3) is 45.2 Å². The molecular formula is C35H28N3O+. The van der Waals surface area contributed by atoms with E-state index in [1.165, 1.54) is 11.1 Å². The van der Waals surface area contributed by atoms with Crippen molar-refractivity contribution in [2.75, 3.05) is 0 Å². The average molecular weight is 507 g/mol. The molecule has 1 aliphatic rings. The number of rotatable bonds is 3. The van der Waals surface area contributed by atoms with E-state index in [0.29, 0.717) is 0 Å². The molecule has 0 saturated heterocycles. The largest absolute Gasteiger partial charge is 0.456 e. The number of benzene rings is 4. The van der Waals surface area contributed by atoms with Gasteiger partial charge in [0.15, 0.2) is 11.0 Å². The Morgan fingerprint density at radius 1 is 0.667 bits per heavy atom. The zero-order valence-electron chi connectivity index (χ0n) is 22.2. The minimum absolute atomic E-state index is 0.813. The zero-order chi connectivity index (χ0) is 26.5. The highest BCUT2D eigenvalue weighted by Gasteiger charge is 2.28. The van der Waals surface area contributed by atoms with E-state index in [0.717, 1.165) is 61.6 Å². The number of aryl methyl sites for hydroxylation is 3. The van der Waals surface area contributed by atoms with Crippen LogP contribution < -0.4 is 9.92 Å². The van der Waals surface area contributed by atoms with Gasteiger partial charge in [0, 0.05) is 22.3 Å². The summed E-state index contributed by atoms with van der Waals surface area (Å²) >= 11 is 0. The van der Waals surface area contributed by atoms with Gasteiger partial charge in [-0.1, -0.05) is 96.0 Å². The number of hydrogen-bond donors (Lipinski definition) is 0. The van der Waals surface area contributed by atoms with Crippen LogP contribution in [-0.2, 0) is 11.8 Å². The third-order valence-electron chi connectivity index (χ3n) is 7.58. The minimum atomic E-state index is 0.813. The molecule has 188 valence electrons. The van der Waals surface area contributed by atoms with Crippen LogP contribution in [0.3, 0.4) is 0 Å². The highest BCUT2D eigenvalue weighted by Crippen LogP contribution is 2.33. The van der Waals surface area contributed by atoms with E-state index >= 15 is 0 Å². The van der Waals surface area contributed by atoms with Gasteiger partial charge in [-0.05, 0) is 49.3 Å². The lowest BCUT2D eigenvalue weighted by molar-refractivity contribution is -0.620. The summed E-state index contributed by atoms with van der Waals surface area (Å²) in [6.45, 7) is 4.34. The summed E-state index contributed by atoms with van der Waals surface area (Å²) in [5.41, 5.74) is 9.97. The maximum atomic E-state index is 6.54. The number of aromatic nitrogens is 3. The number of imidazole rings is 2. The Kier molecular flexibility index (Phi) is 5.41. The molecule has 0 saturated carbocycles. The van der Waals surface area contributed by atoms with Crippen molar-refractivity contribution in [3.8, 4) is 11.3 Å². The fourth-order valence-corrected chi connectivity index (χ4v) is 5.39. The summed E-state index contributed by atoms with van der Waals surface area (Å²) in [6.07, 6.45) is 4.30. The molecular weight excluding hydrogens is 478 g/mol. The molecule has 3 heterocycles. The molecule has 0 spiro atoms. The van der Waals surface area contributed by atoms with Gasteiger partial charge in [0.1, 0.15) is 22.6 Å². The van der Waals surface area contributed by atoms with Crippen LogP contribution in [0.5, 0.6) is 0 Å². The summed E-state index contributed by atoms with van der Waals surface area (Å²) in [7, 11) is 2.10. The van der Waals surface area contributed by atoms with E-state index in [2.05, 4.69) is 103 Å². The van der Waals surface area contributed by atoms with Crippen LogP contribution in [-0.4, -0.2) is 9.38 Å². The average Bonchev–Trinajstić information content (AvgIpc) is 3.50. The lowest BCUT2D eigenvalue weighted by atomic mass is 10.0. The maximum absolute atomic E-state index is 6.54. The second kappa shape index (κ2) is 9.10. The van der Waals surface area contributed by atoms with E-state index in [1.54, 1.807) is 0 Å². The molecule has 1 aliphatic heterocycles. The molecule has 39 heavy (non-hydrogen) atoms. The quantitative estimate of drug-likeness (QED) is 0.254. The summed E-state index contributed by atoms with van der Waals surface area (Å²) in [6, 6.07) is 35.6. The highest BCUT2D eigenvalue weighted by molar-refractivity contribution is 5.91. The van der Waals surface area contributed by atoms with E-state index in [-0.39, 0.29) is 0 Å². The summed E-state index contributed by atoms with van der Waals surface area (Å²) in [5, 5.41) is 1.05. The van der Waals surface area contributed by atoms with E-state index in [9.17, 15) is 0 Å². The summed E-state index contributed by atoms with van der Waals surface area (Å²) < 4.78 is 11.0. The number of ether oxygens (including phenoxy) is 1. The molecule has 0 bridgehead atoms. The predicted octanol–water partition coefficient (Wildman–Crippen LogP) is 6.58. The second-order valence-corrected chi connectivity index (χ2v) is 10.1. The van der Waals surface area contributed by atoms with Crippen LogP contribution in [0, 0.1) is 13.8 Å². The van der Waals surface area contributed by atoms with Crippen molar-refractivity contribution in [1.29, 1.82) is 0 Å². The molecule has 0 aliphatic carbocycles. The number of nitrogens with zero attached hydrogens (tertiary/aromatic N) is 3. The lowest BCUT2D eigenvalue weighted by Gasteiger charge is -2.18. The van der Waals surface area contributed by atoms with Gasteiger partial charge in [0.25, 0.3) is 0 Å². The monoisotopic (exact) mass is 506 g/mol. The first-order chi connectivity index (χ1) is 19.1. The van der Waals surface area contributed by atoms with Crippen molar-refractivity contribution in [2.45, 2.75) is 13.8 Å². The van der Waals surface area contributed by atoms with E-state index in [4.69, 9.17) is 9.72 Å². The zero-order valence-corrected chi connectivity index (χ0v) is 22.2. The second-order valence-electron chi connectivity index (χ2n) is 10.1. The van der Waals surface area contributed by atoms with Crippen molar-refractivity contribution in [2.24, 2.45) is 7.05 Å². The summed E-state index contributed by atoms with van der Waals surface area (Å²) in [4.78, 5) is 5.26. The summed E-state index contributed by atoms with van der Waals surface area (Å²) in [5.74, 6) is 2.54. The van der Waals surface area contributed by atoms with Gasteiger partial charge in [-0.25, -0.2) is 4.57 Å². The molecule has 0 fully saturated rings. The van der Waals surface area contributed by atoms with Crippen molar-refractivity contribution in [1.82, 2.24) is 9.38 Å². The number of hydrogen-bond acceptors (Lipinski definition) is 2. The van der Waals surface area contributed by atoms with Gasteiger partial charge in [-0.3, -0.25) is 0 Å². The fourth-order valence-electron chi connectivity index (χ4n) is 5.39. The maximum Gasteiger partial charge on any atom is 0.405 e. The van der Waals surface area contributed by atoms with Crippen LogP contribution in [0.15, 0.2) is 115 Å². The van der Waals surface area contributed by atoms with Crippen molar-refractivity contribution in [3.63, 3.8) is 0 Å². The molecule has 0 amide bonds. The Labute approximate surface area is 227 Å². The van der Waals surface area contributed by atoms with Gasteiger partial charge in [0.2, 0.25) is 0 Å².